The molecule has 0 saturated carbocycles. The molecule has 1 fully saturated rings. The number of nitrogens with one attached hydrogen (secondary N) is 2. The zero-order valence-corrected chi connectivity index (χ0v) is 19.2. The maximum atomic E-state index is 10.6. The highest BCUT2D eigenvalue weighted by molar-refractivity contribution is 5.79. The van der Waals surface area contributed by atoms with Crippen LogP contribution in [0.15, 0.2) is 29.3 Å². The largest absolute Gasteiger partial charge is 0.491 e. The first-order chi connectivity index (χ1) is 14.4. The second-order valence-electron chi connectivity index (χ2n) is 8.50. The highest BCUT2D eigenvalue weighted by Gasteiger charge is 2.21. The van der Waals surface area contributed by atoms with E-state index in [2.05, 4.69) is 34.4 Å². The van der Waals surface area contributed by atoms with Crippen LogP contribution in [0.1, 0.15) is 46.3 Å². The lowest BCUT2D eigenvalue weighted by molar-refractivity contribution is -0.0284. The van der Waals surface area contributed by atoms with Crippen molar-refractivity contribution in [1.82, 2.24) is 15.5 Å². The number of aliphatic hydroxyl groups is 1. The van der Waals surface area contributed by atoms with Gasteiger partial charge in [-0.2, -0.15) is 0 Å². The summed E-state index contributed by atoms with van der Waals surface area (Å²) in [7, 11) is 0. The number of hydrogen-bond donors (Lipinski definition) is 3. The van der Waals surface area contributed by atoms with Gasteiger partial charge in [-0.05, 0) is 44.4 Å². The molecule has 2 atom stereocenters. The van der Waals surface area contributed by atoms with Gasteiger partial charge in [-0.1, -0.05) is 26.0 Å². The zero-order valence-electron chi connectivity index (χ0n) is 19.2. The van der Waals surface area contributed by atoms with Gasteiger partial charge < -0.3 is 25.2 Å². The maximum Gasteiger partial charge on any atom is 0.191 e. The van der Waals surface area contributed by atoms with Crippen LogP contribution in [0.2, 0.25) is 0 Å². The molecule has 1 aromatic carbocycles. The first-order valence-corrected chi connectivity index (χ1v) is 11.2. The Hall–Kier alpha value is -1.83. The molecule has 0 aliphatic carbocycles. The maximum absolute atomic E-state index is 10.6. The van der Waals surface area contributed by atoms with Crippen molar-refractivity contribution in [2.45, 2.75) is 52.9 Å². The first kappa shape index (κ1) is 24.4. The average molecular weight is 421 g/mol. The molecule has 0 aromatic heterocycles. The Kier molecular flexibility index (Phi) is 10.4. The lowest BCUT2D eigenvalue weighted by atomic mass is 10.1. The Morgan fingerprint density at radius 3 is 2.80 bits per heavy atom. The molecule has 7 heteroatoms. The molecular formula is C23H40N4O3. The summed E-state index contributed by atoms with van der Waals surface area (Å²) in [6.45, 7) is 16.0. The SMILES string of the molecule is CCNC(=NCC(O)c1cccc(OC(C)C)c1)NCC1CN(CC(C)C)CCO1. The van der Waals surface area contributed by atoms with Crippen molar-refractivity contribution in [2.24, 2.45) is 10.9 Å². The molecule has 1 aliphatic heterocycles. The third kappa shape index (κ3) is 8.90. The van der Waals surface area contributed by atoms with Crippen LogP contribution in [0.4, 0.5) is 0 Å². The van der Waals surface area contributed by atoms with Crippen LogP contribution in [-0.4, -0.2) is 74.0 Å². The molecule has 1 saturated heterocycles. The standard InChI is InChI=1S/C23H40N4O3/c1-6-24-23(25-13-21-16-27(10-11-29-21)15-17(2)3)26-14-22(28)19-8-7-9-20(12-19)30-18(4)5/h7-9,12,17-18,21-22,28H,6,10-11,13-16H2,1-5H3,(H2,24,25,26). The van der Waals surface area contributed by atoms with Crippen molar-refractivity contribution in [3.63, 3.8) is 0 Å². The molecule has 30 heavy (non-hydrogen) atoms. The summed E-state index contributed by atoms with van der Waals surface area (Å²) in [5.74, 6) is 2.10. The van der Waals surface area contributed by atoms with E-state index in [1.165, 1.54) is 0 Å². The fourth-order valence-electron chi connectivity index (χ4n) is 3.49. The van der Waals surface area contributed by atoms with E-state index < -0.39 is 6.10 Å². The minimum Gasteiger partial charge on any atom is -0.491 e. The number of aliphatic hydroxyl groups excluding tert-OH is 1. The summed E-state index contributed by atoms with van der Waals surface area (Å²) < 4.78 is 11.6. The molecule has 0 spiro atoms. The predicted octanol–water partition coefficient (Wildman–Crippen LogP) is 2.42. The Morgan fingerprint density at radius 1 is 1.30 bits per heavy atom. The molecule has 0 bridgehead atoms. The lowest BCUT2D eigenvalue weighted by Crippen LogP contribution is -2.50. The van der Waals surface area contributed by atoms with Gasteiger partial charge in [-0.25, -0.2) is 0 Å². The molecule has 0 amide bonds. The van der Waals surface area contributed by atoms with E-state index in [9.17, 15) is 5.11 Å². The van der Waals surface area contributed by atoms with Crippen LogP contribution in [-0.2, 0) is 4.74 Å². The second kappa shape index (κ2) is 12.8. The normalized spacial score (nSPS) is 19.2. The second-order valence-corrected chi connectivity index (χ2v) is 8.50. The molecule has 0 radical (unpaired) electrons. The van der Waals surface area contributed by atoms with Crippen molar-refractivity contribution in [3.8, 4) is 5.75 Å². The van der Waals surface area contributed by atoms with Crippen LogP contribution in [0.25, 0.3) is 0 Å². The monoisotopic (exact) mass is 420 g/mol. The number of rotatable bonds is 10. The van der Waals surface area contributed by atoms with Crippen molar-refractivity contribution >= 4 is 5.96 Å². The van der Waals surface area contributed by atoms with E-state index >= 15 is 0 Å². The topological polar surface area (TPSA) is 78.4 Å². The fourth-order valence-corrected chi connectivity index (χ4v) is 3.49. The Balaban J connectivity index is 1.89. The van der Waals surface area contributed by atoms with Crippen LogP contribution in [0.5, 0.6) is 5.75 Å². The van der Waals surface area contributed by atoms with E-state index in [0.29, 0.717) is 18.4 Å². The quantitative estimate of drug-likeness (QED) is 0.399. The van der Waals surface area contributed by atoms with Crippen molar-refractivity contribution in [2.75, 3.05) is 45.9 Å². The highest BCUT2D eigenvalue weighted by Crippen LogP contribution is 2.20. The summed E-state index contributed by atoms with van der Waals surface area (Å²) >= 11 is 0. The van der Waals surface area contributed by atoms with Gasteiger partial charge in [0.25, 0.3) is 0 Å². The summed E-state index contributed by atoms with van der Waals surface area (Å²) in [5.41, 5.74) is 0.799. The van der Waals surface area contributed by atoms with E-state index in [1.54, 1.807) is 0 Å². The molecule has 2 unspecified atom stereocenters. The summed E-state index contributed by atoms with van der Waals surface area (Å²) in [5, 5.41) is 17.2. The van der Waals surface area contributed by atoms with Crippen molar-refractivity contribution in [1.29, 1.82) is 0 Å². The van der Waals surface area contributed by atoms with E-state index in [0.717, 1.165) is 44.1 Å². The Bertz CT molecular complexity index is 651. The number of nitrogens with zero attached hydrogens (tertiary/aromatic N) is 2. The third-order valence-corrected chi connectivity index (χ3v) is 4.72. The van der Waals surface area contributed by atoms with Crippen LogP contribution in [0.3, 0.4) is 0 Å². The number of morpholine rings is 1. The fraction of sp³-hybridized carbons (Fsp3) is 0.696. The summed E-state index contributed by atoms with van der Waals surface area (Å²) in [6, 6.07) is 7.57. The number of aliphatic imine (C=N–C) groups is 1. The smallest absolute Gasteiger partial charge is 0.191 e. The molecule has 3 N–H and O–H groups in total. The average Bonchev–Trinajstić information content (AvgIpc) is 2.69. The van der Waals surface area contributed by atoms with Crippen LogP contribution in [0, 0.1) is 5.92 Å². The number of guanidine groups is 1. The lowest BCUT2D eigenvalue weighted by Gasteiger charge is -2.34. The van der Waals surface area contributed by atoms with Gasteiger partial charge in [0.05, 0.1) is 31.5 Å². The van der Waals surface area contributed by atoms with Crippen LogP contribution < -0.4 is 15.4 Å². The van der Waals surface area contributed by atoms with E-state index in [-0.39, 0.29) is 18.8 Å². The van der Waals surface area contributed by atoms with Gasteiger partial charge in [-0.15, -0.1) is 0 Å². The van der Waals surface area contributed by atoms with Gasteiger partial charge in [0.2, 0.25) is 0 Å². The summed E-state index contributed by atoms with van der Waals surface area (Å²) in [6.07, 6.45) is -0.460. The number of benzene rings is 1. The van der Waals surface area contributed by atoms with Crippen molar-refractivity contribution in [3.05, 3.63) is 29.8 Å². The van der Waals surface area contributed by atoms with Gasteiger partial charge in [0.15, 0.2) is 5.96 Å². The molecule has 1 heterocycles. The Morgan fingerprint density at radius 2 is 2.10 bits per heavy atom. The predicted molar refractivity (Wildman–Crippen MR) is 122 cm³/mol. The van der Waals surface area contributed by atoms with Crippen LogP contribution >= 0.6 is 0 Å². The van der Waals surface area contributed by atoms with Gasteiger partial charge in [0.1, 0.15) is 5.75 Å². The van der Waals surface area contributed by atoms with E-state index in [4.69, 9.17) is 9.47 Å². The van der Waals surface area contributed by atoms with Gasteiger partial charge in [0, 0.05) is 32.7 Å². The first-order valence-electron chi connectivity index (χ1n) is 11.2. The van der Waals surface area contributed by atoms with Gasteiger partial charge >= 0.3 is 0 Å². The Labute approximate surface area is 181 Å². The molecule has 2 rings (SSSR count). The zero-order chi connectivity index (χ0) is 21.9. The molecular weight excluding hydrogens is 380 g/mol. The van der Waals surface area contributed by atoms with Crippen molar-refractivity contribution < 1.29 is 14.6 Å². The minimum absolute atomic E-state index is 0.0958. The molecule has 1 aromatic rings. The molecule has 1 aliphatic rings. The third-order valence-electron chi connectivity index (χ3n) is 4.72. The molecule has 7 nitrogen and oxygen atoms in total. The highest BCUT2D eigenvalue weighted by atomic mass is 16.5. The number of ether oxygens (including phenoxy) is 2. The van der Waals surface area contributed by atoms with Gasteiger partial charge in [-0.3, -0.25) is 9.89 Å². The number of hydrogen-bond acceptors (Lipinski definition) is 5. The summed E-state index contributed by atoms with van der Waals surface area (Å²) in [4.78, 5) is 7.03. The minimum atomic E-state index is -0.691. The molecule has 170 valence electrons. The van der Waals surface area contributed by atoms with E-state index in [1.807, 2.05) is 45.0 Å².